The van der Waals surface area contributed by atoms with E-state index in [0.29, 0.717) is 6.04 Å². The Kier molecular flexibility index (Phi) is 4.57. The molecule has 0 aromatic carbocycles. The fourth-order valence-corrected chi connectivity index (χ4v) is 3.24. The highest BCUT2D eigenvalue weighted by Gasteiger charge is 2.03. The number of hydrogen-bond donors (Lipinski definition) is 1. The Morgan fingerprint density at radius 3 is 2.94 bits per heavy atom. The molecule has 1 N–H and O–H groups in total. The molecule has 0 fully saturated rings. The van der Waals surface area contributed by atoms with Crippen LogP contribution in [-0.2, 0) is 12.8 Å². The number of nitrogens with one attached hydrogen (secondary N) is 1. The molecule has 0 saturated heterocycles. The lowest BCUT2D eigenvalue weighted by Gasteiger charge is -2.12. The minimum absolute atomic E-state index is 0.567. The lowest BCUT2D eigenvalue weighted by molar-refractivity contribution is 0.552. The van der Waals surface area contributed by atoms with E-state index in [1.807, 2.05) is 11.3 Å². The minimum atomic E-state index is 0.567. The maximum absolute atomic E-state index is 3.57. The molecule has 1 nitrogen and oxygen atoms in total. The fraction of sp³-hybridized carbons (Fsp3) is 0.385. The fourth-order valence-electron chi connectivity index (χ4n) is 1.70. The third-order valence-corrected chi connectivity index (χ3v) is 4.20. The third kappa shape index (κ3) is 3.74. The minimum Gasteiger partial charge on any atom is -0.314 e. The molecule has 0 bridgehead atoms. The first-order valence-corrected chi connectivity index (χ1v) is 7.43. The van der Waals surface area contributed by atoms with Crippen molar-refractivity contribution in [3.8, 4) is 0 Å². The van der Waals surface area contributed by atoms with Crippen molar-refractivity contribution in [1.82, 2.24) is 5.32 Å². The Hall–Kier alpha value is -0.640. The zero-order valence-corrected chi connectivity index (χ0v) is 11.1. The molecular weight excluding hydrogens is 234 g/mol. The summed E-state index contributed by atoms with van der Waals surface area (Å²) in [6.07, 6.45) is 2.28. The van der Waals surface area contributed by atoms with Gasteiger partial charge < -0.3 is 5.32 Å². The molecule has 0 aliphatic carbocycles. The van der Waals surface area contributed by atoms with Crippen molar-refractivity contribution in [2.45, 2.75) is 25.8 Å². The van der Waals surface area contributed by atoms with Crippen LogP contribution in [0.5, 0.6) is 0 Å². The highest BCUT2D eigenvalue weighted by atomic mass is 32.1. The molecule has 2 rings (SSSR count). The summed E-state index contributed by atoms with van der Waals surface area (Å²) in [4.78, 5) is 1.47. The van der Waals surface area contributed by atoms with Crippen molar-refractivity contribution >= 4 is 22.7 Å². The number of hydrogen-bond acceptors (Lipinski definition) is 3. The summed E-state index contributed by atoms with van der Waals surface area (Å²) >= 11 is 3.62. The van der Waals surface area contributed by atoms with Gasteiger partial charge >= 0.3 is 0 Å². The Balaban J connectivity index is 1.66. The van der Waals surface area contributed by atoms with Crippen molar-refractivity contribution < 1.29 is 0 Å². The lowest BCUT2D eigenvalue weighted by atomic mass is 10.2. The average Bonchev–Trinajstić information content (AvgIpc) is 2.90. The summed E-state index contributed by atoms with van der Waals surface area (Å²) in [5, 5.41) is 10.1. The van der Waals surface area contributed by atoms with Crippen LogP contribution in [0, 0.1) is 0 Å². The molecule has 2 aromatic rings. The highest BCUT2D eigenvalue weighted by Crippen LogP contribution is 2.11. The first-order chi connectivity index (χ1) is 7.84. The van der Waals surface area contributed by atoms with Gasteiger partial charge in [0.15, 0.2) is 0 Å². The standard InChI is InChI=1S/C13H17NS2/c1-11(9-13-3-2-7-16-13)14-6-4-12-5-8-15-10-12/h2-3,5,7-8,10-11,14H,4,6,9H2,1H3. The smallest absolute Gasteiger partial charge is 0.00871 e. The third-order valence-electron chi connectivity index (χ3n) is 2.57. The molecule has 86 valence electrons. The average molecular weight is 251 g/mol. The summed E-state index contributed by atoms with van der Waals surface area (Å²) in [5.74, 6) is 0. The van der Waals surface area contributed by atoms with Crippen LogP contribution in [0.3, 0.4) is 0 Å². The molecule has 0 radical (unpaired) electrons. The van der Waals surface area contributed by atoms with Gasteiger partial charge in [-0.1, -0.05) is 6.07 Å². The van der Waals surface area contributed by atoms with E-state index in [4.69, 9.17) is 0 Å². The van der Waals surface area contributed by atoms with E-state index in [1.54, 1.807) is 11.3 Å². The molecule has 16 heavy (non-hydrogen) atoms. The second-order valence-corrected chi connectivity index (χ2v) is 5.83. The molecular formula is C13H17NS2. The van der Waals surface area contributed by atoms with Crippen molar-refractivity contribution in [2.24, 2.45) is 0 Å². The molecule has 0 amide bonds. The molecule has 3 heteroatoms. The monoisotopic (exact) mass is 251 g/mol. The Bertz CT molecular complexity index is 378. The van der Waals surface area contributed by atoms with Crippen LogP contribution in [0.4, 0.5) is 0 Å². The first kappa shape index (κ1) is 11.8. The number of rotatable bonds is 6. The predicted octanol–water partition coefficient (Wildman–Crippen LogP) is 3.57. The second kappa shape index (κ2) is 6.18. The summed E-state index contributed by atoms with van der Waals surface area (Å²) in [6.45, 7) is 3.33. The molecule has 0 aliphatic heterocycles. The number of thiophene rings is 2. The van der Waals surface area contributed by atoms with Crippen LogP contribution >= 0.6 is 22.7 Å². The van der Waals surface area contributed by atoms with Gasteiger partial charge in [0.1, 0.15) is 0 Å². The van der Waals surface area contributed by atoms with Gasteiger partial charge in [0, 0.05) is 10.9 Å². The van der Waals surface area contributed by atoms with Crippen LogP contribution in [0.15, 0.2) is 34.3 Å². The molecule has 0 aliphatic rings. The van der Waals surface area contributed by atoms with Gasteiger partial charge in [-0.15, -0.1) is 11.3 Å². The van der Waals surface area contributed by atoms with Crippen LogP contribution in [-0.4, -0.2) is 12.6 Å². The van der Waals surface area contributed by atoms with E-state index in [2.05, 4.69) is 46.6 Å². The van der Waals surface area contributed by atoms with Crippen LogP contribution < -0.4 is 5.32 Å². The van der Waals surface area contributed by atoms with Gasteiger partial charge in [-0.25, -0.2) is 0 Å². The summed E-state index contributed by atoms with van der Waals surface area (Å²) in [7, 11) is 0. The van der Waals surface area contributed by atoms with E-state index in [1.165, 1.54) is 10.4 Å². The topological polar surface area (TPSA) is 12.0 Å². The molecule has 0 spiro atoms. The van der Waals surface area contributed by atoms with E-state index in [0.717, 1.165) is 19.4 Å². The summed E-state index contributed by atoms with van der Waals surface area (Å²) in [6, 6.07) is 7.10. The van der Waals surface area contributed by atoms with E-state index in [9.17, 15) is 0 Å². The summed E-state index contributed by atoms with van der Waals surface area (Å²) < 4.78 is 0. The van der Waals surface area contributed by atoms with Gasteiger partial charge in [0.05, 0.1) is 0 Å². The Morgan fingerprint density at radius 1 is 1.31 bits per heavy atom. The highest BCUT2D eigenvalue weighted by molar-refractivity contribution is 7.09. The quantitative estimate of drug-likeness (QED) is 0.827. The van der Waals surface area contributed by atoms with Crippen molar-refractivity contribution in [2.75, 3.05) is 6.54 Å². The first-order valence-electron chi connectivity index (χ1n) is 5.61. The van der Waals surface area contributed by atoms with Gasteiger partial charge in [-0.3, -0.25) is 0 Å². The van der Waals surface area contributed by atoms with Crippen LogP contribution in [0.1, 0.15) is 17.4 Å². The SMILES string of the molecule is CC(Cc1cccs1)NCCc1ccsc1. The van der Waals surface area contributed by atoms with Crippen molar-refractivity contribution in [1.29, 1.82) is 0 Å². The molecule has 2 heterocycles. The lowest BCUT2D eigenvalue weighted by Crippen LogP contribution is -2.29. The Labute approximate surface area is 105 Å². The van der Waals surface area contributed by atoms with Gasteiger partial charge in [0.25, 0.3) is 0 Å². The maximum Gasteiger partial charge on any atom is 0.00871 e. The van der Waals surface area contributed by atoms with Gasteiger partial charge in [-0.2, -0.15) is 11.3 Å². The molecule has 2 aromatic heterocycles. The van der Waals surface area contributed by atoms with Crippen molar-refractivity contribution in [3.05, 3.63) is 44.8 Å². The summed E-state index contributed by atoms with van der Waals surface area (Å²) in [5.41, 5.74) is 1.45. The second-order valence-electron chi connectivity index (χ2n) is 4.02. The van der Waals surface area contributed by atoms with Crippen molar-refractivity contribution in [3.63, 3.8) is 0 Å². The predicted molar refractivity (Wildman–Crippen MR) is 73.5 cm³/mol. The maximum atomic E-state index is 3.57. The van der Waals surface area contributed by atoms with E-state index in [-0.39, 0.29) is 0 Å². The van der Waals surface area contributed by atoms with Gasteiger partial charge in [0.2, 0.25) is 0 Å². The molecule has 0 saturated carbocycles. The van der Waals surface area contributed by atoms with Crippen LogP contribution in [0.2, 0.25) is 0 Å². The zero-order chi connectivity index (χ0) is 11.2. The molecule has 1 unspecified atom stereocenters. The molecule has 1 atom stereocenters. The largest absolute Gasteiger partial charge is 0.314 e. The zero-order valence-electron chi connectivity index (χ0n) is 9.48. The van der Waals surface area contributed by atoms with E-state index < -0.39 is 0 Å². The Morgan fingerprint density at radius 2 is 2.25 bits per heavy atom. The normalized spacial score (nSPS) is 12.8. The van der Waals surface area contributed by atoms with Crippen LogP contribution in [0.25, 0.3) is 0 Å². The van der Waals surface area contributed by atoms with Gasteiger partial charge in [-0.05, 0) is 60.1 Å². The van der Waals surface area contributed by atoms with E-state index >= 15 is 0 Å².